The molecule has 0 aliphatic rings. The molecule has 0 aliphatic carbocycles. The molecule has 0 amide bonds. The van der Waals surface area contributed by atoms with Crippen LogP contribution in [0, 0.1) is 12.8 Å². The lowest BCUT2D eigenvalue weighted by Gasteiger charge is -2.22. The lowest BCUT2D eigenvalue weighted by molar-refractivity contribution is 0.322. The molecule has 1 heterocycles. The Morgan fingerprint density at radius 2 is 2.00 bits per heavy atom. The SMILES string of the molecule is CCCC(C)C(NCC)c1cc2cc(C)ccc2o1. The Hall–Kier alpha value is -1.28. The molecule has 2 nitrogen and oxygen atoms in total. The van der Waals surface area contributed by atoms with Gasteiger partial charge in [0, 0.05) is 5.39 Å². The number of nitrogens with one attached hydrogen (secondary N) is 1. The molecular weight excluding hydrogens is 234 g/mol. The van der Waals surface area contributed by atoms with Crippen LogP contribution in [0.1, 0.15) is 51.0 Å². The standard InChI is InChI=1S/C17H25NO/c1-5-7-13(4)17(18-6-2)16-11-14-10-12(3)8-9-15(14)19-16/h8-11,13,17-18H,5-7H2,1-4H3. The normalized spacial score (nSPS) is 14.7. The van der Waals surface area contributed by atoms with Crippen molar-refractivity contribution in [3.8, 4) is 0 Å². The number of furan rings is 1. The Morgan fingerprint density at radius 3 is 2.68 bits per heavy atom. The van der Waals surface area contributed by atoms with E-state index in [1.807, 2.05) is 0 Å². The zero-order valence-corrected chi connectivity index (χ0v) is 12.5. The van der Waals surface area contributed by atoms with Gasteiger partial charge in [-0.25, -0.2) is 0 Å². The highest BCUT2D eigenvalue weighted by Crippen LogP contribution is 2.30. The van der Waals surface area contributed by atoms with E-state index in [1.165, 1.54) is 23.8 Å². The third-order valence-corrected chi connectivity index (χ3v) is 3.73. The van der Waals surface area contributed by atoms with Gasteiger partial charge in [-0.1, -0.05) is 38.8 Å². The summed E-state index contributed by atoms with van der Waals surface area (Å²) in [5.41, 5.74) is 2.27. The van der Waals surface area contributed by atoms with Crippen LogP contribution < -0.4 is 5.32 Å². The smallest absolute Gasteiger partial charge is 0.134 e. The second-order valence-electron chi connectivity index (χ2n) is 5.49. The molecule has 2 aromatic rings. The predicted molar refractivity (Wildman–Crippen MR) is 81.4 cm³/mol. The number of aryl methyl sites for hydroxylation is 1. The molecule has 0 fully saturated rings. The molecule has 0 saturated carbocycles. The molecule has 0 saturated heterocycles. The van der Waals surface area contributed by atoms with Crippen LogP contribution >= 0.6 is 0 Å². The second kappa shape index (κ2) is 6.25. The minimum Gasteiger partial charge on any atom is -0.459 e. The first-order valence-corrected chi connectivity index (χ1v) is 7.39. The average Bonchev–Trinajstić information content (AvgIpc) is 2.78. The molecule has 0 radical (unpaired) electrons. The largest absolute Gasteiger partial charge is 0.459 e. The highest BCUT2D eigenvalue weighted by molar-refractivity contribution is 5.78. The van der Waals surface area contributed by atoms with Crippen LogP contribution in [0.3, 0.4) is 0 Å². The van der Waals surface area contributed by atoms with Crippen molar-refractivity contribution in [3.05, 3.63) is 35.6 Å². The predicted octanol–water partition coefficient (Wildman–Crippen LogP) is 4.83. The molecule has 2 rings (SSSR count). The zero-order valence-electron chi connectivity index (χ0n) is 12.5. The molecule has 0 aliphatic heterocycles. The third kappa shape index (κ3) is 3.19. The molecular formula is C17H25NO. The zero-order chi connectivity index (χ0) is 13.8. The van der Waals surface area contributed by atoms with Crippen molar-refractivity contribution < 1.29 is 4.42 Å². The van der Waals surface area contributed by atoms with Gasteiger partial charge in [-0.15, -0.1) is 0 Å². The first-order chi connectivity index (χ1) is 9.15. The van der Waals surface area contributed by atoms with Crippen molar-refractivity contribution in [3.63, 3.8) is 0 Å². The summed E-state index contributed by atoms with van der Waals surface area (Å²) in [6, 6.07) is 8.88. The maximum Gasteiger partial charge on any atom is 0.134 e. The summed E-state index contributed by atoms with van der Waals surface area (Å²) in [6.45, 7) is 9.78. The van der Waals surface area contributed by atoms with Gasteiger partial charge in [0.1, 0.15) is 11.3 Å². The monoisotopic (exact) mass is 259 g/mol. The van der Waals surface area contributed by atoms with Gasteiger partial charge in [-0.05, 0) is 44.0 Å². The summed E-state index contributed by atoms with van der Waals surface area (Å²) >= 11 is 0. The van der Waals surface area contributed by atoms with Gasteiger partial charge in [0.2, 0.25) is 0 Å². The van der Waals surface area contributed by atoms with Crippen LogP contribution in [0.25, 0.3) is 11.0 Å². The quantitative estimate of drug-likeness (QED) is 0.804. The molecule has 2 atom stereocenters. The van der Waals surface area contributed by atoms with Gasteiger partial charge in [-0.3, -0.25) is 0 Å². The third-order valence-electron chi connectivity index (χ3n) is 3.73. The van der Waals surface area contributed by atoms with Gasteiger partial charge in [0.15, 0.2) is 0 Å². The highest BCUT2D eigenvalue weighted by Gasteiger charge is 2.21. The fourth-order valence-corrected chi connectivity index (χ4v) is 2.76. The van der Waals surface area contributed by atoms with Crippen molar-refractivity contribution in [1.82, 2.24) is 5.32 Å². The number of hydrogen-bond acceptors (Lipinski definition) is 2. The lowest BCUT2D eigenvalue weighted by atomic mass is 9.95. The first-order valence-electron chi connectivity index (χ1n) is 7.39. The maximum absolute atomic E-state index is 6.04. The number of benzene rings is 1. The van der Waals surface area contributed by atoms with E-state index in [1.54, 1.807) is 0 Å². The number of fused-ring (bicyclic) bond motifs is 1. The first kappa shape index (κ1) is 14.1. The topological polar surface area (TPSA) is 25.2 Å². The Morgan fingerprint density at radius 1 is 1.21 bits per heavy atom. The lowest BCUT2D eigenvalue weighted by Crippen LogP contribution is -2.26. The molecule has 0 spiro atoms. The van der Waals surface area contributed by atoms with Gasteiger partial charge in [-0.2, -0.15) is 0 Å². The fraction of sp³-hybridized carbons (Fsp3) is 0.529. The van der Waals surface area contributed by atoms with Crippen molar-refractivity contribution in [2.75, 3.05) is 6.54 Å². The van der Waals surface area contributed by atoms with E-state index in [0.29, 0.717) is 12.0 Å². The van der Waals surface area contributed by atoms with Crippen LogP contribution in [-0.4, -0.2) is 6.54 Å². The molecule has 0 bridgehead atoms. The van der Waals surface area contributed by atoms with E-state index in [2.05, 4.69) is 57.3 Å². The van der Waals surface area contributed by atoms with Crippen molar-refractivity contribution in [1.29, 1.82) is 0 Å². The van der Waals surface area contributed by atoms with E-state index in [9.17, 15) is 0 Å². The Bertz CT molecular complexity index is 529. The summed E-state index contributed by atoms with van der Waals surface area (Å²) < 4.78 is 6.04. The van der Waals surface area contributed by atoms with Crippen molar-refractivity contribution in [2.24, 2.45) is 5.92 Å². The summed E-state index contributed by atoms with van der Waals surface area (Å²) in [7, 11) is 0. The molecule has 104 valence electrons. The van der Waals surface area contributed by atoms with Crippen LogP contribution in [0.2, 0.25) is 0 Å². The number of rotatable bonds is 6. The minimum atomic E-state index is 0.317. The summed E-state index contributed by atoms with van der Waals surface area (Å²) in [6.07, 6.45) is 2.43. The van der Waals surface area contributed by atoms with Crippen LogP contribution in [0.5, 0.6) is 0 Å². The molecule has 19 heavy (non-hydrogen) atoms. The van der Waals surface area contributed by atoms with Gasteiger partial charge >= 0.3 is 0 Å². The van der Waals surface area contributed by atoms with E-state index in [-0.39, 0.29) is 0 Å². The minimum absolute atomic E-state index is 0.317. The van der Waals surface area contributed by atoms with Crippen molar-refractivity contribution >= 4 is 11.0 Å². The summed E-state index contributed by atoms with van der Waals surface area (Å²) in [5.74, 6) is 1.66. The van der Waals surface area contributed by atoms with Crippen molar-refractivity contribution in [2.45, 2.75) is 46.6 Å². The molecule has 1 aromatic heterocycles. The van der Waals surface area contributed by atoms with Crippen LogP contribution in [0.4, 0.5) is 0 Å². The molecule has 2 heteroatoms. The maximum atomic E-state index is 6.04. The highest BCUT2D eigenvalue weighted by atomic mass is 16.3. The van der Waals surface area contributed by atoms with Crippen LogP contribution in [-0.2, 0) is 0 Å². The van der Waals surface area contributed by atoms with E-state index < -0.39 is 0 Å². The Labute approximate surface area is 116 Å². The van der Waals surface area contributed by atoms with E-state index >= 15 is 0 Å². The number of hydrogen-bond donors (Lipinski definition) is 1. The van der Waals surface area contributed by atoms with Gasteiger partial charge < -0.3 is 9.73 Å². The Balaban J connectivity index is 2.32. The fourth-order valence-electron chi connectivity index (χ4n) is 2.76. The van der Waals surface area contributed by atoms with Gasteiger partial charge in [0.25, 0.3) is 0 Å². The van der Waals surface area contributed by atoms with Crippen LogP contribution in [0.15, 0.2) is 28.7 Å². The summed E-state index contributed by atoms with van der Waals surface area (Å²) in [4.78, 5) is 0. The Kier molecular flexibility index (Phi) is 4.65. The molecule has 1 N–H and O–H groups in total. The average molecular weight is 259 g/mol. The molecule has 1 aromatic carbocycles. The second-order valence-corrected chi connectivity index (χ2v) is 5.49. The van der Waals surface area contributed by atoms with E-state index in [4.69, 9.17) is 4.42 Å². The van der Waals surface area contributed by atoms with Gasteiger partial charge in [0.05, 0.1) is 6.04 Å². The summed E-state index contributed by atoms with van der Waals surface area (Å²) in [5, 5.41) is 4.78. The molecule has 2 unspecified atom stereocenters. The van der Waals surface area contributed by atoms with E-state index in [0.717, 1.165) is 17.9 Å².